The van der Waals surface area contributed by atoms with Crippen molar-refractivity contribution in [1.29, 1.82) is 0 Å². The van der Waals surface area contributed by atoms with E-state index < -0.39 is 0 Å². The molecule has 16 heavy (non-hydrogen) atoms. The molecule has 2 rings (SSSR count). The van der Waals surface area contributed by atoms with Crippen molar-refractivity contribution in [2.45, 2.75) is 39.0 Å². The minimum atomic E-state index is 1.04. The number of H-pyrrole nitrogens is 2. The van der Waals surface area contributed by atoms with Gasteiger partial charge in [0.05, 0.1) is 12.0 Å². The predicted octanol–water partition coefficient (Wildman–Crippen LogP) is 2.26. The van der Waals surface area contributed by atoms with Crippen LogP contribution in [0.25, 0.3) is 0 Å². The summed E-state index contributed by atoms with van der Waals surface area (Å²) in [5.41, 5.74) is 3.72. The molecule has 0 aliphatic rings. The topological polar surface area (TPSA) is 57.4 Å². The third-order valence-electron chi connectivity index (χ3n) is 2.73. The third-order valence-corrected chi connectivity index (χ3v) is 2.73. The van der Waals surface area contributed by atoms with Gasteiger partial charge in [-0.25, -0.2) is 4.98 Å². The van der Waals surface area contributed by atoms with E-state index in [4.69, 9.17) is 0 Å². The Bertz CT molecular complexity index is 402. The van der Waals surface area contributed by atoms with Crippen LogP contribution in [-0.2, 0) is 19.3 Å². The van der Waals surface area contributed by atoms with Crippen LogP contribution in [0.1, 0.15) is 36.8 Å². The van der Waals surface area contributed by atoms with Crippen LogP contribution in [0.5, 0.6) is 0 Å². The van der Waals surface area contributed by atoms with Crippen LogP contribution >= 0.6 is 0 Å². The maximum atomic E-state index is 4.37. The first kappa shape index (κ1) is 10.9. The molecule has 2 aromatic heterocycles. The lowest BCUT2D eigenvalue weighted by atomic mass is 10.1. The number of aromatic amines is 2. The molecule has 4 nitrogen and oxygen atoms in total. The van der Waals surface area contributed by atoms with Gasteiger partial charge in [-0.2, -0.15) is 5.10 Å². The van der Waals surface area contributed by atoms with Crippen LogP contribution in [0, 0.1) is 0 Å². The zero-order valence-corrected chi connectivity index (χ0v) is 9.66. The second kappa shape index (κ2) is 5.49. The molecule has 0 unspecified atom stereocenters. The Morgan fingerprint density at radius 3 is 2.94 bits per heavy atom. The summed E-state index contributed by atoms with van der Waals surface area (Å²) in [5, 5.41) is 6.92. The average Bonchev–Trinajstić information content (AvgIpc) is 2.91. The second-order valence-electron chi connectivity index (χ2n) is 4.01. The maximum absolute atomic E-state index is 4.37. The number of rotatable bonds is 6. The monoisotopic (exact) mass is 218 g/mol. The Balaban J connectivity index is 1.82. The van der Waals surface area contributed by atoms with E-state index in [-0.39, 0.29) is 0 Å². The van der Waals surface area contributed by atoms with Gasteiger partial charge in [-0.15, -0.1) is 0 Å². The Kier molecular flexibility index (Phi) is 3.75. The van der Waals surface area contributed by atoms with Gasteiger partial charge >= 0.3 is 0 Å². The molecule has 0 amide bonds. The normalized spacial score (nSPS) is 10.8. The fourth-order valence-electron chi connectivity index (χ4n) is 1.90. The number of imidazole rings is 1. The molecule has 0 fully saturated rings. The molecule has 0 spiro atoms. The molecule has 4 heteroatoms. The first-order valence-corrected chi connectivity index (χ1v) is 5.89. The highest BCUT2D eigenvalue weighted by Crippen LogP contribution is 2.10. The van der Waals surface area contributed by atoms with E-state index in [9.17, 15) is 0 Å². The van der Waals surface area contributed by atoms with Crippen molar-refractivity contribution in [1.82, 2.24) is 20.2 Å². The molecule has 2 aromatic rings. The molecular formula is C12H18N4. The summed E-state index contributed by atoms with van der Waals surface area (Å²) in [6.45, 7) is 2.19. The van der Waals surface area contributed by atoms with Gasteiger partial charge in [0.2, 0.25) is 0 Å². The molecule has 0 bridgehead atoms. The summed E-state index contributed by atoms with van der Waals surface area (Å²) in [4.78, 5) is 7.59. The molecule has 0 aromatic carbocycles. The number of nitrogens with zero attached hydrogens (tertiary/aromatic N) is 2. The highest BCUT2D eigenvalue weighted by molar-refractivity contribution is 5.11. The number of nitrogens with one attached hydrogen (secondary N) is 2. The van der Waals surface area contributed by atoms with Crippen molar-refractivity contribution < 1.29 is 0 Å². The van der Waals surface area contributed by atoms with E-state index in [2.05, 4.69) is 27.1 Å². The SMILES string of the molecule is CCCc1[nH]cnc1CCCc1ccn[nH]1. The highest BCUT2D eigenvalue weighted by Gasteiger charge is 2.04. The Hall–Kier alpha value is -1.58. The van der Waals surface area contributed by atoms with E-state index in [0.29, 0.717) is 0 Å². The van der Waals surface area contributed by atoms with Crippen LogP contribution in [-0.4, -0.2) is 20.2 Å². The first-order chi connectivity index (χ1) is 7.90. The van der Waals surface area contributed by atoms with Gasteiger partial charge in [-0.3, -0.25) is 5.10 Å². The largest absolute Gasteiger partial charge is 0.348 e. The number of aromatic nitrogens is 4. The van der Waals surface area contributed by atoms with Crippen LogP contribution in [0.4, 0.5) is 0 Å². The van der Waals surface area contributed by atoms with Crippen LogP contribution in [0.3, 0.4) is 0 Å². The van der Waals surface area contributed by atoms with Crippen molar-refractivity contribution in [2.75, 3.05) is 0 Å². The first-order valence-electron chi connectivity index (χ1n) is 5.89. The predicted molar refractivity (Wildman–Crippen MR) is 63.2 cm³/mol. The van der Waals surface area contributed by atoms with E-state index in [1.165, 1.54) is 17.1 Å². The lowest BCUT2D eigenvalue weighted by molar-refractivity contribution is 0.764. The van der Waals surface area contributed by atoms with Gasteiger partial charge in [0.15, 0.2) is 0 Å². The van der Waals surface area contributed by atoms with Gasteiger partial charge in [-0.1, -0.05) is 13.3 Å². The van der Waals surface area contributed by atoms with E-state index in [1.807, 2.05) is 6.07 Å². The second-order valence-corrected chi connectivity index (χ2v) is 4.01. The van der Waals surface area contributed by atoms with Crippen molar-refractivity contribution in [3.05, 3.63) is 35.7 Å². The van der Waals surface area contributed by atoms with E-state index >= 15 is 0 Å². The summed E-state index contributed by atoms with van der Waals surface area (Å²) < 4.78 is 0. The van der Waals surface area contributed by atoms with Crippen LogP contribution < -0.4 is 0 Å². The smallest absolute Gasteiger partial charge is 0.0925 e. The van der Waals surface area contributed by atoms with E-state index in [1.54, 1.807) is 12.5 Å². The van der Waals surface area contributed by atoms with E-state index in [0.717, 1.165) is 32.1 Å². The van der Waals surface area contributed by atoms with Crippen LogP contribution in [0.15, 0.2) is 18.6 Å². The lowest BCUT2D eigenvalue weighted by Crippen LogP contribution is -1.95. The van der Waals surface area contributed by atoms with Crippen molar-refractivity contribution in [3.8, 4) is 0 Å². The third kappa shape index (κ3) is 2.72. The molecular weight excluding hydrogens is 200 g/mol. The zero-order valence-electron chi connectivity index (χ0n) is 9.66. The number of aryl methyl sites for hydroxylation is 3. The Labute approximate surface area is 95.5 Å². The molecule has 0 radical (unpaired) electrons. The minimum Gasteiger partial charge on any atom is -0.348 e. The molecule has 0 aliphatic heterocycles. The van der Waals surface area contributed by atoms with Crippen molar-refractivity contribution in [2.24, 2.45) is 0 Å². The number of hydrogen-bond donors (Lipinski definition) is 2. The standard InChI is InChI=1S/C12H18N4/c1-2-4-11-12(14-9-13-11)6-3-5-10-7-8-15-16-10/h7-9H,2-6H2,1H3,(H,13,14)(H,15,16). The molecule has 0 saturated carbocycles. The van der Waals surface area contributed by atoms with Crippen molar-refractivity contribution in [3.63, 3.8) is 0 Å². The zero-order chi connectivity index (χ0) is 11.2. The fourth-order valence-corrected chi connectivity index (χ4v) is 1.90. The van der Waals surface area contributed by atoms with Gasteiger partial charge in [-0.05, 0) is 31.7 Å². The molecule has 2 heterocycles. The molecule has 0 aliphatic carbocycles. The Morgan fingerprint density at radius 1 is 1.25 bits per heavy atom. The summed E-state index contributed by atoms with van der Waals surface area (Å²) in [5.74, 6) is 0. The van der Waals surface area contributed by atoms with Crippen LogP contribution in [0.2, 0.25) is 0 Å². The lowest BCUT2D eigenvalue weighted by Gasteiger charge is -2.00. The summed E-state index contributed by atoms with van der Waals surface area (Å²) in [6, 6.07) is 2.03. The molecule has 2 N–H and O–H groups in total. The summed E-state index contributed by atoms with van der Waals surface area (Å²) in [6.07, 6.45) is 9.05. The molecule has 0 saturated heterocycles. The van der Waals surface area contributed by atoms with Crippen molar-refractivity contribution >= 4 is 0 Å². The maximum Gasteiger partial charge on any atom is 0.0925 e. The Morgan fingerprint density at radius 2 is 2.19 bits per heavy atom. The molecule has 0 atom stereocenters. The quantitative estimate of drug-likeness (QED) is 0.781. The molecule has 86 valence electrons. The summed E-state index contributed by atoms with van der Waals surface area (Å²) >= 11 is 0. The van der Waals surface area contributed by atoms with Gasteiger partial charge in [0.1, 0.15) is 0 Å². The highest BCUT2D eigenvalue weighted by atomic mass is 15.1. The minimum absolute atomic E-state index is 1.04. The van der Waals surface area contributed by atoms with Gasteiger partial charge in [0.25, 0.3) is 0 Å². The van der Waals surface area contributed by atoms with Gasteiger partial charge < -0.3 is 4.98 Å². The fraction of sp³-hybridized carbons (Fsp3) is 0.500. The summed E-state index contributed by atoms with van der Waals surface area (Å²) in [7, 11) is 0. The number of hydrogen-bond acceptors (Lipinski definition) is 2. The average molecular weight is 218 g/mol. The van der Waals surface area contributed by atoms with Gasteiger partial charge in [0, 0.05) is 17.6 Å².